The van der Waals surface area contributed by atoms with Gasteiger partial charge in [-0.05, 0) is 32.0 Å². The van der Waals surface area contributed by atoms with E-state index in [-0.39, 0.29) is 18.3 Å². The van der Waals surface area contributed by atoms with Gasteiger partial charge >= 0.3 is 11.8 Å². The fraction of sp³-hybridized carbons (Fsp3) is 0.400. The Bertz CT molecular complexity index is 696. The minimum atomic E-state index is -0.783. The highest BCUT2D eigenvalue weighted by Crippen LogP contribution is 2.31. The zero-order valence-electron chi connectivity index (χ0n) is 13.4. The second kappa shape index (κ2) is 6.66. The third kappa shape index (κ3) is 3.78. The standard InChI is InChI=1S/C15H19N3O5/c1-15(2,8-19)17-13(20)14-16-12(18-23-14)9-5-6-10(21-3)11(7-9)22-4/h5-7,19H,8H2,1-4H3,(H,17,20). The average Bonchev–Trinajstić information content (AvgIpc) is 3.04. The lowest BCUT2D eigenvalue weighted by atomic mass is 10.1. The molecule has 0 radical (unpaired) electrons. The average molecular weight is 321 g/mol. The van der Waals surface area contributed by atoms with Gasteiger partial charge in [0.2, 0.25) is 5.82 Å². The van der Waals surface area contributed by atoms with E-state index in [1.807, 2.05) is 0 Å². The molecule has 2 aromatic rings. The number of amides is 1. The number of hydrogen-bond acceptors (Lipinski definition) is 7. The van der Waals surface area contributed by atoms with Crippen LogP contribution in [0.4, 0.5) is 0 Å². The third-order valence-electron chi connectivity index (χ3n) is 3.11. The molecule has 0 saturated carbocycles. The van der Waals surface area contributed by atoms with Crippen LogP contribution in [0.1, 0.15) is 24.5 Å². The van der Waals surface area contributed by atoms with Gasteiger partial charge in [0.25, 0.3) is 0 Å². The summed E-state index contributed by atoms with van der Waals surface area (Å²) in [7, 11) is 3.06. The second-order valence-corrected chi connectivity index (χ2v) is 5.49. The summed E-state index contributed by atoms with van der Waals surface area (Å²) < 4.78 is 15.3. The molecule has 0 aliphatic carbocycles. The van der Waals surface area contributed by atoms with Crippen molar-refractivity contribution in [2.75, 3.05) is 20.8 Å². The Labute approximate surface area is 133 Å². The van der Waals surface area contributed by atoms with Crippen LogP contribution in [0, 0.1) is 0 Å². The number of aliphatic hydroxyl groups excluding tert-OH is 1. The van der Waals surface area contributed by atoms with Crippen LogP contribution in [0.3, 0.4) is 0 Å². The van der Waals surface area contributed by atoms with Crippen LogP contribution < -0.4 is 14.8 Å². The highest BCUT2D eigenvalue weighted by atomic mass is 16.5. The van der Waals surface area contributed by atoms with Crippen LogP contribution in [0.5, 0.6) is 11.5 Å². The maximum absolute atomic E-state index is 12.0. The van der Waals surface area contributed by atoms with Crippen molar-refractivity contribution in [1.29, 1.82) is 0 Å². The van der Waals surface area contributed by atoms with Gasteiger partial charge in [0.05, 0.1) is 26.4 Å². The van der Waals surface area contributed by atoms with Crippen LogP contribution in [0.2, 0.25) is 0 Å². The largest absolute Gasteiger partial charge is 0.493 e. The van der Waals surface area contributed by atoms with E-state index in [1.54, 1.807) is 32.0 Å². The first-order valence-electron chi connectivity index (χ1n) is 6.89. The van der Waals surface area contributed by atoms with Crippen LogP contribution in [0.15, 0.2) is 22.7 Å². The molecule has 23 heavy (non-hydrogen) atoms. The van der Waals surface area contributed by atoms with E-state index in [1.165, 1.54) is 14.2 Å². The summed E-state index contributed by atoms with van der Waals surface area (Å²) in [6, 6.07) is 5.12. The van der Waals surface area contributed by atoms with Crippen LogP contribution >= 0.6 is 0 Å². The Morgan fingerprint density at radius 1 is 1.30 bits per heavy atom. The van der Waals surface area contributed by atoms with Gasteiger partial charge in [-0.2, -0.15) is 4.98 Å². The number of methoxy groups -OCH3 is 2. The quantitative estimate of drug-likeness (QED) is 0.824. The minimum Gasteiger partial charge on any atom is -0.493 e. The number of aliphatic hydroxyl groups is 1. The summed E-state index contributed by atoms with van der Waals surface area (Å²) in [5, 5.41) is 15.6. The van der Waals surface area contributed by atoms with Crippen molar-refractivity contribution >= 4 is 5.91 Å². The summed E-state index contributed by atoms with van der Waals surface area (Å²) in [5.74, 6) is 0.599. The van der Waals surface area contributed by atoms with Crippen molar-refractivity contribution < 1.29 is 23.9 Å². The summed E-state index contributed by atoms with van der Waals surface area (Å²) in [4.78, 5) is 16.1. The number of rotatable bonds is 6. The number of carbonyl (C=O) groups is 1. The lowest BCUT2D eigenvalue weighted by Gasteiger charge is -2.21. The molecule has 2 rings (SSSR count). The molecule has 0 spiro atoms. The minimum absolute atomic E-state index is 0.184. The number of nitrogens with zero attached hydrogens (tertiary/aromatic N) is 2. The van der Waals surface area contributed by atoms with E-state index in [0.29, 0.717) is 17.1 Å². The predicted octanol–water partition coefficient (Wildman–Crippen LogP) is 1.25. The number of carbonyl (C=O) groups excluding carboxylic acids is 1. The lowest BCUT2D eigenvalue weighted by Crippen LogP contribution is -2.46. The van der Waals surface area contributed by atoms with Crippen molar-refractivity contribution in [3.63, 3.8) is 0 Å². The van der Waals surface area contributed by atoms with Crippen molar-refractivity contribution in [2.24, 2.45) is 0 Å². The summed E-state index contributed by atoms with van der Waals surface area (Å²) in [6.07, 6.45) is 0. The van der Waals surface area contributed by atoms with Gasteiger partial charge in [0, 0.05) is 5.56 Å². The summed E-state index contributed by atoms with van der Waals surface area (Å²) in [6.45, 7) is 3.14. The zero-order valence-corrected chi connectivity index (χ0v) is 13.4. The molecule has 1 amide bonds. The summed E-state index contributed by atoms with van der Waals surface area (Å²) >= 11 is 0. The highest BCUT2D eigenvalue weighted by Gasteiger charge is 2.24. The molecule has 1 heterocycles. The first-order valence-corrected chi connectivity index (χ1v) is 6.89. The maximum atomic E-state index is 12.0. The topological polar surface area (TPSA) is 107 Å². The molecule has 8 heteroatoms. The van der Waals surface area contributed by atoms with E-state index in [4.69, 9.17) is 14.0 Å². The zero-order chi connectivity index (χ0) is 17.0. The van der Waals surface area contributed by atoms with Gasteiger partial charge in [-0.3, -0.25) is 4.79 Å². The molecule has 0 atom stereocenters. The van der Waals surface area contributed by atoms with Crippen molar-refractivity contribution in [3.05, 3.63) is 24.1 Å². The van der Waals surface area contributed by atoms with E-state index in [9.17, 15) is 9.90 Å². The second-order valence-electron chi connectivity index (χ2n) is 5.49. The van der Waals surface area contributed by atoms with Gasteiger partial charge < -0.3 is 24.4 Å². The van der Waals surface area contributed by atoms with E-state index >= 15 is 0 Å². The molecule has 0 bridgehead atoms. The molecule has 0 unspecified atom stereocenters. The van der Waals surface area contributed by atoms with Crippen LogP contribution in [-0.4, -0.2) is 47.5 Å². The Balaban J connectivity index is 2.24. The van der Waals surface area contributed by atoms with Gasteiger partial charge in [-0.15, -0.1) is 0 Å². The van der Waals surface area contributed by atoms with Crippen LogP contribution in [-0.2, 0) is 0 Å². The van der Waals surface area contributed by atoms with Crippen LogP contribution in [0.25, 0.3) is 11.4 Å². The highest BCUT2D eigenvalue weighted by molar-refractivity contribution is 5.90. The molecule has 124 valence electrons. The van der Waals surface area contributed by atoms with Gasteiger partial charge in [0.1, 0.15) is 0 Å². The lowest BCUT2D eigenvalue weighted by molar-refractivity contribution is 0.0825. The van der Waals surface area contributed by atoms with Crippen molar-refractivity contribution in [3.8, 4) is 22.9 Å². The number of nitrogens with one attached hydrogen (secondary N) is 1. The fourth-order valence-corrected chi connectivity index (χ4v) is 1.81. The van der Waals surface area contributed by atoms with E-state index in [0.717, 1.165) is 0 Å². The number of hydrogen-bond donors (Lipinski definition) is 2. The summed E-state index contributed by atoms with van der Waals surface area (Å²) in [5.41, 5.74) is -0.165. The molecule has 0 aliphatic heterocycles. The Morgan fingerprint density at radius 3 is 2.61 bits per heavy atom. The van der Waals surface area contributed by atoms with Gasteiger partial charge in [0.15, 0.2) is 11.5 Å². The molecule has 1 aromatic heterocycles. The predicted molar refractivity (Wildman–Crippen MR) is 81.5 cm³/mol. The molecule has 2 N–H and O–H groups in total. The number of aromatic nitrogens is 2. The Morgan fingerprint density at radius 2 is 2.00 bits per heavy atom. The first kappa shape index (κ1) is 16.8. The third-order valence-corrected chi connectivity index (χ3v) is 3.11. The Hall–Kier alpha value is -2.61. The molecular weight excluding hydrogens is 302 g/mol. The SMILES string of the molecule is COc1ccc(-c2noc(C(=O)NC(C)(C)CO)n2)cc1OC. The maximum Gasteiger partial charge on any atom is 0.316 e. The van der Waals surface area contributed by atoms with E-state index in [2.05, 4.69) is 15.5 Å². The first-order chi connectivity index (χ1) is 10.9. The molecular formula is C15H19N3O5. The molecule has 1 aromatic carbocycles. The molecule has 0 aliphatic rings. The number of benzene rings is 1. The Kier molecular flexibility index (Phi) is 4.85. The normalized spacial score (nSPS) is 11.2. The molecule has 0 saturated heterocycles. The smallest absolute Gasteiger partial charge is 0.316 e. The molecule has 0 fully saturated rings. The van der Waals surface area contributed by atoms with Crippen molar-refractivity contribution in [2.45, 2.75) is 19.4 Å². The van der Waals surface area contributed by atoms with E-state index < -0.39 is 11.4 Å². The van der Waals surface area contributed by atoms with Crippen molar-refractivity contribution in [1.82, 2.24) is 15.5 Å². The monoisotopic (exact) mass is 321 g/mol. The number of ether oxygens (including phenoxy) is 2. The van der Waals surface area contributed by atoms with Gasteiger partial charge in [-0.25, -0.2) is 0 Å². The van der Waals surface area contributed by atoms with Gasteiger partial charge in [-0.1, -0.05) is 5.16 Å². The molecule has 8 nitrogen and oxygen atoms in total. The fourth-order valence-electron chi connectivity index (χ4n) is 1.81.